The van der Waals surface area contributed by atoms with E-state index in [1.165, 1.54) is 0 Å². The Kier molecular flexibility index (Phi) is 7.00. The highest BCUT2D eigenvalue weighted by Crippen LogP contribution is 2.12. The number of carbonyl (C=O) groups is 3. The van der Waals surface area contributed by atoms with Crippen LogP contribution in [0.15, 0.2) is 24.3 Å². The molecule has 0 unspecified atom stereocenters. The van der Waals surface area contributed by atoms with Crippen LogP contribution in [0.25, 0.3) is 0 Å². The number of amides is 3. The van der Waals surface area contributed by atoms with Crippen molar-refractivity contribution in [3.05, 3.63) is 35.4 Å². The Balaban J connectivity index is 1.97. The largest absolute Gasteiger partial charge is 0.450 e. The molecule has 1 heterocycles. The van der Waals surface area contributed by atoms with E-state index >= 15 is 0 Å². The molecule has 1 fully saturated rings. The van der Waals surface area contributed by atoms with Crippen molar-refractivity contribution in [2.75, 3.05) is 39.3 Å². The normalized spacial score (nSPS) is 14.3. The molecular weight excluding hydrogens is 334 g/mol. The van der Waals surface area contributed by atoms with Crippen molar-refractivity contribution in [1.82, 2.24) is 15.1 Å². The second kappa shape index (κ2) is 9.22. The fraction of sp³-hybridized carbons (Fsp3) is 0.526. The van der Waals surface area contributed by atoms with E-state index in [1.54, 1.807) is 41.0 Å². The van der Waals surface area contributed by atoms with Gasteiger partial charge in [-0.1, -0.05) is 19.9 Å². The maximum Gasteiger partial charge on any atom is 0.409 e. The first-order valence-corrected chi connectivity index (χ1v) is 9.01. The zero-order chi connectivity index (χ0) is 19.1. The van der Waals surface area contributed by atoms with E-state index in [4.69, 9.17) is 4.74 Å². The van der Waals surface area contributed by atoms with Crippen molar-refractivity contribution in [3.63, 3.8) is 0 Å². The summed E-state index contributed by atoms with van der Waals surface area (Å²) >= 11 is 0. The van der Waals surface area contributed by atoms with E-state index in [0.29, 0.717) is 56.4 Å². The zero-order valence-corrected chi connectivity index (χ0v) is 15.7. The molecule has 0 spiro atoms. The van der Waals surface area contributed by atoms with Crippen molar-refractivity contribution >= 4 is 17.9 Å². The second-order valence-corrected chi connectivity index (χ2v) is 6.66. The Morgan fingerprint density at radius 1 is 1.08 bits per heavy atom. The molecule has 1 saturated heterocycles. The van der Waals surface area contributed by atoms with Crippen LogP contribution in [-0.4, -0.2) is 67.0 Å². The summed E-state index contributed by atoms with van der Waals surface area (Å²) in [6, 6.07) is 6.74. The topological polar surface area (TPSA) is 79.0 Å². The number of ether oxygens (including phenoxy) is 1. The number of benzene rings is 1. The minimum atomic E-state index is -0.344. The number of hydrogen-bond donors (Lipinski definition) is 1. The van der Waals surface area contributed by atoms with Gasteiger partial charge in [0.2, 0.25) is 0 Å². The molecule has 26 heavy (non-hydrogen) atoms. The Morgan fingerprint density at radius 3 is 2.31 bits per heavy atom. The molecule has 0 bridgehead atoms. The van der Waals surface area contributed by atoms with E-state index in [0.717, 1.165) is 0 Å². The van der Waals surface area contributed by atoms with Gasteiger partial charge in [-0.15, -0.1) is 0 Å². The molecular formula is C19H27N3O4. The van der Waals surface area contributed by atoms with Gasteiger partial charge in [0.15, 0.2) is 0 Å². The highest BCUT2D eigenvalue weighted by atomic mass is 16.6. The predicted molar refractivity (Wildman–Crippen MR) is 98.1 cm³/mol. The van der Waals surface area contributed by atoms with Crippen LogP contribution in [0.5, 0.6) is 0 Å². The minimum absolute atomic E-state index is 0.132. The first kappa shape index (κ1) is 19.8. The van der Waals surface area contributed by atoms with Gasteiger partial charge >= 0.3 is 6.09 Å². The Morgan fingerprint density at radius 2 is 1.69 bits per heavy atom. The fourth-order valence-corrected chi connectivity index (χ4v) is 2.68. The van der Waals surface area contributed by atoms with Crippen LogP contribution < -0.4 is 5.32 Å². The van der Waals surface area contributed by atoms with Crippen LogP contribution in [0.3, 0.4) is 0 Å². The van der Waals surface area contributed by atoms with Crippen molar-refractivity contribution in [1.29, 1.82) is 0 Å². The summed E-state index contributed by atoms with van der Waals surface area (Å²) in [6.45, 7) is 8.52. The average Bonchev–Trinajstić information content (AvgIpc) is 2.66. The van der Waals surface area contributed by atoms with Crippen LogP contribution in [-0.2, 0) is 4.74 Å². The molecule has 2 rings (SSSR count). The van der Waals surface area contributed by atoms with Crippen molar-refractivity contribution in [2.45, 2.75) is 20.8 Å². The quantitative estimate of drug-likeness (QED) is 0.870. The first-order valence-electron chi connectivity index (χ1n) is 9.01. The van der Waals surface area contributed by atoms with E-state index in [2.05, 4.69) is 5.32 Å². The number of nitrogens with one attached hydrogen (secondary N) is 1. The summed E-state index contributed by atoms with van der Waals surface area (Å²) < 4.78 is 4.98. The highest BCUT2D eigenvalue weighted by molar-refractivity contribution is 5.99. The number of piperazine rings is 1. The van der Waals surface area contributed by atoms with Crippen molar-refractivity contribution in [2.24, 2.45) is 5.92 Å². The lowest BCUT2D eigenvalue weighted by molar-refractivity contribution is 0.0570. The predicted octanol–water partition coefficient (Wildman–Crippen LogP) is 1.99. The van der Waals surface area contributed by atoms with Crippen LogP contribution in [0.2, 0.25) is 0 Å². The zero-order valence-electron chi connectivity index (χ0n) is 15.7. The lowest BCUT2D eigenvalue weighted by atomic mass is 10.1. The molecule has 0 radical (unpaired) electrons. The molecule has 1 aliphatic heterocycles. The van der Waals surface area contributed by atoms with Gasteiger partial charge in [0.25, 0.3) is 11.8 Å². The molecule has 1 aliphatic rings. The third-order valence-electron chi connectivity index (χ3n) is 4.14. The molecule has 0 aromatic heterocycles. The van der Waals surface area contributed by atoms with Gasteiger partial charge in [-0.25, -0.2) is 4.79 Å². The monoisotopic (exact) mass is 361 g/mol. The molecule has 0 aliphatic carbocycles. The number of carbonyl (C=O) groups excluding carboxylic acids is 3. The van der Waals surface area contributed by atoms with Gasteiger partial charge in [0.05, 0.1) is 6.61 Å². The van der Waals surface area contributed by atoms with Crippen LogP contribution in [0, 0.1) is 5.92 Å². The van der Waals surface area contributed by atoms with Gasteiger partial charge in [0.1, 0.15) is 0 Å². The first-order chi connectivity index (χ1) is 12.4. The van der Waals surface area contributed by atoms with Gasteiger partial charge < -0.3 is 19.9 Å². The second-order valence-electron chi connectivity index (χ2n) is 6.66. The molecule has 0 saturated carbocycles. The lowest BCUT2D eigenvalue weighted by Crippen LogP contribution is -2.50. The smallest absolute Gasteiger partial charge is 0.409 e. The van der Waals surface area contributed by atoms with Gasteiger partial charge in [-0.05, 0) is 31.0 Å². The van der Waals surface area contributed by atoms with Crippen LogP contribution in [0.1, 0.15) is 41.5 Å². The Hall–Kier alpha value is -2.57. The molecule has 1 aromatic rings. The van der Waals surface area contributed by atoms with Crippen molar-refractivity contribution in [3.8, 4) is 0 Å². The Bertz CT molecular complexity index is 652. The van der Waals surface area contributed by atoms with E-state index < -0.39 is 0 Å². The summed E-state index contributed by atoms with van der Waals surface area (Å²) in [5, 5.41) is 2.85. The summed E-state index contributed by atoms with van der Waals surface area (Å²) in [5.41, 5.74) is 0.952. The highest BCUT2D eigenvalue weighted by Gasteiger charge is 2.25. The molecule has 7 heteroatoms. The van der Waals surface area contributed by atoms with E-state index in [1.807, 2.05) is 13.8 Å². The molecule has 1 aromatic carbocycles. The van der Waals surface area contributed by atoms with Crippen LogP contribution >= 0.6 is 0 Å². The summed E-state index contributed by atoms with van der Waals surface area (Å²) in [4.78, 5) is 39.9. The third-order valence-corrected chi connectivity index (χ3v) is 4.14. The van der Waals surface area contributed by atoms with Gasteiger partial charge in [0, 0.05) is 43.9 Å². The molecule has 7 nitrogen and oxygen atoms in total. The SMILES string of the molecule is CCOC(=O)N1CCN(C(=O)c2cccc(C(=O)NCC(C)C)c2)CC1. The number of nitrogens with zero attached hydrogens (tertiary/aromatic N) is 2. The molecule has 1 N–H and O–H groups in total. The minimum Gasteiger partial charge on any atom is -0.450 e. The summed E-state index contributed by atoms with van der Waals surface area (Å²) in [5.74, 6) is 0.0481. The average molecular weight is 361 g/mol. The third kappa shape index (κ3) is 5.21. The maximum absolute atomic E-state index is 12.7. The molecule has 142 valence electrons. The van der Waals surface area contributed by atoms with Gasteiger partial charge in [-0.3, -0.25) is 9.59 Å². The standard InChI is InChI=1S/C19H27N3O4/c1-4-26-19(25)22-10-8-21(9-11-22)18(24)16-7-5-6-15(12-16)17(23)20-13-14(2)3/h5-7,12,14H,4,8-11,13H2,1-3H3,(H,20,23). The Labute approximate surface area is 154 Å². The van der Waals surface area contributed by atoms with Gasteiger partial charge in [-0.2, -0.15) is 0 Å². The van der Waals surface area contributed by atoms with E-state index in [9.17, 15) is 14.4 Å². The maximum atomic E-state index is 12.7. The van der Waals surface area contributed by atoms with Crippen molar-refractivity contribution < 1.29 is 19.1 Å². The summed E-state index contributed by atoms with van der Waals surface area (Å²) in [7, 11) is 0. The van der Waals surface area contributed by atoms with Crippen LogP contribution in [0.4, 0.5) is 4.79 Å². The van der Waals surface area contributed by atoms with E-state index in [-0.39, 0.29) is 17.9 Å². The molecule has 0 atom stereocenters. The number of rotatable bonds is 5. The number of hydrogen-bond acceptors (Lipinski definition) is 4. The summed E-state index contributed by atoms with van der Waals surface area (Å²) in [6.07, 6.45) is -0.344. The molecule has 3 amide bonds. The fourth-order valence-electron chi connectivity index (χ4n) is 2.68. The lowest BCUT2D eigenvalue weighted by Gasteiger charge is -2.34.